The van der Waals surface area contributed by atoms with Crippen LogP contribution in [0.15, 0.2) is 72.8 Å². The van der Waals surface area contributed by atoms with E-state index in [-0.39, 0.29) is 23.0 Å². The first-order valence-electron chi connectivity index (χ1n) is 12.1. The molecule has 0 aliphatic carbocycles. The predicted molar refractivity (Wildman–Crippen MR) is 135 cm³/mol. The molecule has 0 atom stereocenters. The van der Waals surface area contributed by atoms with Gasteiger partial charge in [-0.2, -0.15) is 35.1 Å². The average Bonchev–Trinajstić information content (AvgIpc) is 3.02. The van der Waals surface area contributed by atoms with E-state index >= 15 is 0 Å². The van der Waals surface area contributed by atoms with E-state index in [0.717, 1.165) is 72.8 Å². The highest BCUT2D eigenvalue weighted by molar-refractivity contribution is 5.46. The maximum Gasteiger partial charge on any atom is 0.208 e. The zero-order chi connectivity index (χ0) is 31.7. The molecule has 0 aliphatic heterocycles. The summed E-state index contributed by atoms with van der Waals surface area (Å²) in [6, 6.07) is 12.3. The summed E-state index contributed by atoms with van der Waals surface area (Å²) in [5.41, 5.74) is 0. The van der Waals surface area contributed by atoms with Gasteiger partial charge in [-0.3, -0.25) is 0 Å². The standard InChI is InChI=1S/C30H14F8O6/c31-19-23(35)29(24(36)20(32)27(19)41-15-5-1-13(39)2-6-15)43-17-9-11-18(12-10-17)44-30-25(37)21(33)28(22(34)26(30)38)42-16-7-3-14(40)4-8-16/h1-12,39-40H. The second-order valence-corrected chi connectivity index (χ2v) is 8.70. The summed E-state index contributed by atoms with van der Waals surface area (Å²) in [4.78, 5) is 0. The molecule has 0 radical (unpaired) electrons. The number of phenolic OH excluding ortho intramolecular Hbond substituents is 2. The van der Waals surface area contributed by atoms with Crippen molar-refractivity contribution in [3.05, 3.63) is 119 Å². The first-order valence-corrected chi connectivity index (χ1v) is 12.1. The monoisotopic (exact) mass is 622 g/mol. The van der Waals surface area contributed by atoms with Crippen LogP contribution in [0.25, 0.3) is 0 Å². The number of rotatable bonds is 8. The average molecular weight is 622 g/mol. The number of hydrogen-bond acceptors (Lipinski definition) is 6. The molecule has 0 heterocycles. The summed E-state index contributed by atoms with van der Waals surface area (Å²) in [7, 11) is 0. The maximum absolute atomic E-state index is 14.6. The summed E-state index contributed by atoms with van der Waals surface area (Å²) in [5, 5.41) is 18.5. The summed E-state index contributed by atoms with van der Waals surface area (Å²) in [6.07, 6.45) is 0. The molecule has 2 N–H and O–H groups in total. The van der Waals surface area contributed by atoms with Gasteiger partial charge >= 0.3 is 0 Å². The van der Waals surface area contributed by atoms with Crippen molar-refractivity contribution in [3.63, 3.8) is 0 Å². The zero-order valence-electron chi connectivity index (χ0n) is 21.5. The van der Waals surface area contributed by atoms with Crippen LogP contribution < -0.4 is 18.9 Å². The van der Waals surface area contributed by atoms with Gasteiger partial charge in [-0.15, -0.1) is 0 Å². The molecule has 226 valence electrons. The van der Waals surface area contributed by atoms with Crippen LogP contribution in [0.1, 0.15) is 0 Å². The maximum atomic E-state index is 14.6. The van der Waals surface area contributed by atoms with E-state index in [1.165, 1.54) is 0 Å². The van der Waals surface area contributed by atoms with Crippen molar-refractivity contribution in [1.29, 1.82) is 0 Å². The molecule has 5 aromatic carbocycles. The van der Waals surface area contributed by atoms with E-state index in [4.69, 9.17) is 18.9 Å². The fraction of sp³-hybridized carbons (Fsp3) is 0. The van der Waals surface area contributed by atoms with E-state index in [0.29, 0.717) is 0 Å². The van der Waals surface area contributed by atoms with Crippen LogP contribution in [-0.4, -0.2) is 10.2 Å². The molecule has 0 fully saturated rings. The number of benzene rings is 5. The van der Waals surface area contributed by atoms with E-state index in [9.17, 15) is 45.3 Å². The Morgan fingerprint density at radius 1 is 0.295 bits per heavy atom. The van der Waals surface area contributed by atoms with E-state index < -0.39 is 81.0 Å². The summed E-state index contributed by atoms with van der Waals surface area (Å²) >= 11 is 0. The Morgan fingerprint density at radius 2 is 0.455 bits per heavy atom. The lowest BCUT2D eigenvalue weighted by molar-refractivity contribution is 0.328. The number of aromatic hydroxyl groups is 2. The second kappa shape index (κ2) is 11.9. The van der Waals surface area contributed by atoms with Crippen LogP contribution in [0.5, 0.6) is 57.5 Å². The van der Waals surface area contributed by atoms with Crippen molar-refractivity contribution in [2.24, 2.45) is 0 Å². The lowest BCUT2D eigenvalue weighted by atomic mass is 10.2. The van der Waals surface area contributed by atoms with Crippen LogP contribution in [0.3, 0.4) is 0 Å². The van der Waals surface area contributed by atoms with Gasteiger partial charge in [-0.1, -0.05) is 0 Å². The number of halogens is 8. The molecule has 0 saturated heterocycles. The minimum atomic E-state index is -1.97. The zero-order valence-corrected chi connectivity index (χ0v) is 21.5. The van der Waals surface area contributed by atoms with Gasteiger partial charge in [-0.05, 0) is 72.8 Å². The van der Waals surface area contributed by atoms with Crippen molar-refractivity contribution >= 4 is 0 Å². The smallest absolute Gasteiger partial charge is 0.208 e. The molecule has 14 heteroatoms. The van der Waals surface area contributed by atoms with Gasteiger partial charge in [0.15, 0.2) is 0 Å². The molecule has 0 aliphatic rings. The third-order valence-corrected chi connectivity index (χ3v) is 5.74. The Bertz CT molecular complexity index is 1650. The van der Waals surface area contributed by atoms with Crippen molar-refractivity contribution in [2.75, 3.05) is 0 Å². The fourth-order valence-corrected chi connectivity index (χ4v) is 3.62. The van der Waals surface area contributed by atoms with Crippen molar-refractivity contribution in [3.8, 4) is 57.5 Å². The minimum absolute atomic E-state index is 0.208. The highest BCUT2D eigenvalue weighted by Gasteiger charge is 2.30. The van der Waals surface area contributed by atoms with Gasteiger partial charge in [0.1, 0.15) is 34.5 Å². The molecule has 44 heavy (non-hydrogen) atoms. The molecule has 0 amide bonds. The van der Waals surface area contributed by atoms with Gasteiger partial charge < -0.3 is 29.2 Å². The summed E-state index contributed by atoms with van der Waals surface area (Å²) in [6.45, 7) is 0. The van der Waals surface area contributed by atoms with E-state index in [1.54, 1.807) is 0 Å². The molecule has 6 nitrogen and oxygen atoms in total. The number of phenols is 2. The topological polar surface area (TPSA) is 77.4 Å². The summed E-state index contributed by atoms with van der Waals surface area (Å²) in [5.74, 6) is -23.3. The molecule has 0 aromatic heterocycles. The normalized spacial score (nSPS) is 10.9. The Hall–Kier alpha value is -5.66. The van der Waals surface area contributed by atoms with Gasteiger partial charge in [-0.25, -0.2) is 0 Å². The van der Waals surface area contributed by atoms with Crippen molar-refractivity contribution in [2.45, 2.75) is 0 Å². The SMILES string of the molecule is Oc1ccc(Oc2c(F)c(F)c(Oc3ccc(Oc4c(F)c(F)c(Oc5ccc(O)cc5)c(F)c4F)cc3)c(F)c2F)cc1. The Labute approximate surface area is 241 Å². The Kier molecular flexibility index (Phi) is 8.07. The van der Waals surface area contributed by atoms with Crippen LogP contribution >= 0.6 is 0 Å². The summed E-state index contributed by atoms with van der Waals surface area (Å²) < 4.78 is 136. The Morgan fingerprint density at radius 3 is 0.636 bits per heavy atom. The molecule has 0 saturated carbocycles. The van der Waals surface area contributed by atoms with E-state index in [1.807, 2.05) is 0 Å². The molecule has 0 spiro atoms. The number of ether oxygens (including phenoxy) is 4. The van der Waals surface area contributed by atoms with Crippen LogP contribution in [0, 0.1) is 46.5 Å². The van der Waals surface area contributed by atoms with Gasteiger partial charge in [0.05, 0.1) is 0 Å². The molecule has 5 rings (SSSR count). The number of hydrogen-bond donors (Lipinski definition) is 2. The largest absolute Gasteiger partial charge is 0.508 e. The van der Waals surface area contributed by atoms with Crippen molar-refractivity contribution in [1.82, 2.24) is 0 Å². The lowest BCUT2D eigenvalue weighted by Crippen LogP contribution is -2.04. The van der Waals surface area contributed by atoms with Crippen LogP contribution in [0.2, 0.25) is 0 Å². The molecule has 5 aromatic rings. The lowest BCUT2D eigenvalue weighted by Gasteiger charge is -2.15. The molecular weight excluding hydrogens is 608 g/mol. The first kappa shape index (κ1) is 29.8. The van der Waals surface area contributed by atoms with Gasteiger partial charge in [0, 0.05) is 0 Å². The second-order valence-electron chi connectivity index (χ2n) is 8.70. The molecular formula is C30H14F8O6. The quantitative estimate of drug-likeness (QED) is 0.133. The van der Waals surface area contributed by atoms with E-state index in [2.05, 4.69) is 0 Å². The van der Waals surface area contributed by atoms with Crippen molar-refractivity contribution < 1.29 is 64.3 Å². The Balaban J connectivity index is 1.36. The van der Waals surface area contributed by atoms with Gasteiger partial charge in [0.25, 0.3) is 0 Å². The minimum Gasteiger partial charge on any atom is -0.508 e. The highest BCUT2D eigenvalue weighted by Crippen LogP contribution is 2.41. The fourth-order valence-electron chi connectivity index (χ4n) is 3.62. The molecule has 0 bridgehead atoms. The predicted octanol–water partition coefficient (Wildman–Crippen LogP) is 9.38. The first-order chi connectivity index (χ1) is 20.9. The third-order valence-electron chi connectivity index (χ3n) is 5.74. The molecule has 0 unspecified atom stereocenters. The van der Waals surface area contributed by atoms with Gasteiger partial charge in [0.2, 0.25) is 69.5 Å². The third kappa shape index (κ3) is 5.82. The van der Waals surface area contributed by atoms with Crippen LogP contribution in [-0.2, 0) is 0 Å². The highest BCUT2D eigenvalue weighted by atomic mass is 19.2. The van der Waals surface area contributed by atoms with Crippen LogP contribution in [0.4, 0.5) is 35.1 Å².